The minimum atomic E-state index is -1.12. The van der Waals surface area contributed by atoms with Gasteiger partial charge < -0.3 is 25.2 Å². The highest BCUT2D eigenvalue weighted by Gasteiger charge is 2.28. The molecule has 3 N–H and O–H groups in total. The summed E-state index contributed by atoms with van der Waals surface area (Å²) in [6, 6.07) is 15.4. The van der Waals surface area contributed by atoms with Gasteiger partial charge in [-0.1, -0.05) is 61.4 Å². The average Bonchev–Trinajstić information content (AvgIpc) is 3.15. The van der Waals surface area contributed by atoms with Crippen LogP contribution in [-0.4, -0.2) is 56.0 Å². The number of amides is 2. The van der Waals surface area contributed by atoms with Crippen LogP contribution in [0.2, 0.25) is 0 Å². The van der Waals surface area contributed by atoms with Crippen LogP contribution in [-0.2, 0) is 19.1 Å². The molecule has 1 atom stereocenters. The molecule has 0 saturated carbocycles. The van der Waals surface area contributed by atoms with E-state index in [4.69, 9.17) is 14.6 Å². The first-order chi connectivity index (χ1) is 16.5. The van der Waals surface area contributed by atoms with Crippen molar-refractivity contribution in [2.24, 2.45) is 0 Å². The number of carboxylic acids is 1. The summed E-state index contributed by atoms with van der Waals surface area (Å²) in [6.45, 7) is 0.718. The second kappa shape index (κ2) is 12.7. The highest BCUT2D eigenvalue weighted by Crippen LogP contribution is 2.44. The Bertz CT molecular complexity index is 947. The first-order valence-corrected chi connectivity index (χ1v) is 11.6. The summed E-state index contributed by atoms with van der Waals surface area (Å²) in [7, 11) is 1.39. The largest absolute Gasteiger partial charge is 0.480 e. The lowest BCUT2D eigenvalue weighted by Crippen LogP contribution is -2.43. The molecule has 1 unspecified atom stereocenters. The third-order valence-electron chi connectivity index (χ3n) is 5.91. The number of alkyl carbamates (subject to hydrolysis) is 1. The van der Waals surface area contributed by atoms with Crippen molar-refractivity contribution in [2.75, 3.05) is 26.9 Å². The number of nitrogens with one attached hydrogen (secondary N) is 2. The lowest BCUT2D eigenvalue weighted by Gasteiger charge is -2.14. The molecule has 1 aliphatic rings. The van der Waals surface area contributed by atoms with Crippen molar-refractivity contribution in [3.63, 3.8) is 0 Å². The molecule has 8 nitrogen and oxygen atoms in total. The molecule has 34 heavy (non-hydrogen) atoms. The number of rotatable bonds is 13. The number of aliphatic carboxylic acids is 1. The van der Waals surface area contributed by atoms with Crippen molar-refractivity contribution in [1.29, 1.82) is 0 Å². The van der Waals surface area contributed by atoms with E-state index in [-0.39, 0.29) is 31.5 Å². The molecule has 0 aliphatic heterocycles. The summed E-state index contributed by atoms with van der Waals surface area (Å²) in [5, 5.41) is 14.2. The van der Waals surface area contributed by atoms with Crippen molar-refractivity contribution in [1.82, 2.24) is 10.6 Å². The van der Waals surface area contributed by atoms with Gasteiger partial charge in [-0.3, -0.25) is 4.79 Å². The predicted molar refractivity (Wildman–Crippen MR) is 128 cm³/mol. The highest BCUT2D eigenvalue weighted by atomic mass is 16.5. The Morgan fingerprint density at radius 1 is 0.941 bits per heavy atom. The van der Waals surface area contributed by atoms with Crippen molar-refractivity contribution in [3.05, 3.63) is 59.7 Å². The summed E-state index contributed by atoms with van der Waals surface area (Å²) in [6.07, 6.45) is 2.90. The van der Waals surface area contributed by atoms with Crippen LogP contribution in [0.1, 0.15) is 49.1 Å². The van der Waals surface area contributed by atoms with Crippen LogP contribution in [0.4, 0.5) is 4.79 Å². The van der Waals surface area contributed by atoms with Crippen molar-refractivity contribution < 1.29 is 29.0 Å². The minimum Gasteiger partial charge on any atom is -0.480 e. The fourth-order valence-electron chi connectivity index (χ4n) is 4.21. The molecule has 0 spiro atoms. The van der Waals surface area contributed by atoms with Crippen LogP contribution in [0, 0.1) is 0 Å². The van der Waals surface area contributed by atoms with E-state index in [9.17, 15) is 14.4 Å². The van der Waals surface area contributed by atoms with Gasteiger partial charge in [0.1, 0.15) is 6.61 Å². The Morgan fingerprint density at radius 2 is 1.56 bits per heavy atom. The fraction of sp³-hybridized carbons (Fsp3) is 0.423. The Balaban J connectivity index is 1.30. The zero-order valence-corrected chi connectivity index (χ0v) is 19.4. The topological polar surface area (TPSA) is 114 Å². The van der Waals surface area contributed by atoms with E-state index in [1.54, 1.807) is 0 Å². The van der Waals surface area contributed by atoms with Crippen LogP contribution < -0.4 is 10.6 Å². The number of carbonyl (C=O) groups is 3. The maximum absolute atomic E-state index is 12.2. The average molecular weight is 469 g/mol. The molecule has 0 aromatic heterocycles. The van der Waals surface area contributed by atoms with Crippen molar-refractivity contribution in [2.45, 2.75) is 44.1 Å². The number of unbranched alkanes of at least 4 members (excludes halogenated alkanes) is 3. The maximum atomic E-state index is 12.2. The number of hydrogen-bond donors (Lipinski definition) is 3. The normalized spacial score (nSPS) is 13.0. The van der Waals surface area contributed by atoms with Gasteiger partial charge in [-0.25, -0.2) is 9.59 Å². The third kappa shape index (κ3) is 6.81. The molecule has 0 radical (unpaired) electrons. The number of carboxylic acid groups (broad SMARTS) is 1. The van der Waals surface area contributed by atoms with E-state index in [0.29, 0.717) is 13.0 Å². The van der Waals surface area contributed by atoms with Crippen LogP contribution >= 0.6 is 0 Å². The number of methoxy groups -OCH3 is 1. The summed E-state index contributed by atoms with van der Waals surface area (Å²) < 4.78 is 10.3. The summed E-state index contributed by atoms with van der Waals surface area (Å²) in [4.78, 5) is 35.0. The van der Waals surface area contributed by atoms with Gasteiger partial charge in [-0.05, 0) is 35.1 Å². The molecule has 0 heterocycles. The maximum Gasteiger partial charge on any atom is 0.407 e. The number of hydrogen-bond acceptors (Lipinski definition) is 5. The van der Waals surface area contributed by atoms with E-state index in [1.807, 2.05) is 24.3 Å². The lowest BCUT2D eigenvalue weighted by molar-refractivity contribution is -0.143. The van der Waals surface area contributed by atoms with Gasteiger partial charge in [0.2, 0.25) is 5.91 Å². The van der Waals surface area contributed by atoms with Crippen molar-refractivity contribution in [3.8, 4) is 11.1 Å². The standard InChI is InChI=1S/C26H32N2O6/c1-33-17-23(25(30)31)28-24(29)14-4-2-3-9-15-27-26(32)34-16-22-20-12-7-5-10-18(20)19-11-6-8-13-21(19)22/h5-8,10-13,22-23H,2-4,9,14-17H2,1H3,(H,27,32)(H,28,29)(H,30,31). The molecule has 8 heteroatoms. The van der Waals surface area contributed by atoms with E-state index in [0.717, 1.165) is 19.3 Å². The van der Waals surface area contributed by atoms with E-state index in [2.05, 4.69) is 34.9 Å². The summed E-state index contributed by atoms with van der Waals surface area (Å²) in [5.74, 6) is -1.38. The van der Waals surface area contributed by atoms with Crippen LogP contribution in [0.15, 0.2) is 48.5 Å². The van der Waals surface area contributed by atoms with E-state index < -0.39 is 18.1 Å². The highest BCUT2D eigenvalue weighted by molar-refractivity contribution is 5.83. The molecule has 2 amide bonds. The van der Waals surface area contributed by atoms with Gasteiger partial charge in [0, 0.05) is 26.0 Å². The minimum absolute atomic E-state index is 0.0360. The van der Waals surface area contributed by atoms with Gasteiger partial charge in [-0.2, -0.15) is 0 Å². The molecular formula is C26H32N2O6. The Hall–Kier alpha value is -3.39. The van der Waals surface area contributed by atoms with Gasteiger partial charge in [0.25, 0.3) is 0 Å². The fourth-order valence-corrected chi connectivity index (χ4v) is 4.21. The van der Waals surface area contributed by atoms with Gasteiger partial charge in [-0.15, -0.1) is 0 Å². The molecule has 2 aromatic carbocycles. The van der Waals surface area contributed by atoms with Gasteiger partial charge in [0.15, 0.2) is 6.04 Å². The summed E-state index contributed by atoms with van der Waals surface area (Å²) >= 11 is 0. The molecule has 1 aliphatic carbocycles. The number of benzene rings is 2. The smallest absolute Gasteiger partial charge is 0.407 e. The quantitative estimate of drug-likeness (QED) is 0.386. The number of ether oxygens (including phenoxy) is 2. The number of carbonyl (C=O) groups excluding carboxylic acids is 2. The Labute approximate surface area is 199 Å². The summed E-state index contributed by atoms with van der Waals surface area (Å²) in [5.41, 5.74) is 4.74. The molecule has 3 rings (SSSR count). The van der Waals surface area contributed by atoms with Gasteiger partial charge >= 0.3 is 12.1 Å². The van der Waals surface area contributed by atoms with Gasteiger partial charge in [0.05, 0.1) is 6.61 Å². The van der Waals surface area contributed by atoms with Crippen LogP contribution in [0.25, 0.3) is 11.1 Å². The van der Waals surface area contributed by atoms with E-state index in [1.165, 1.54) is 29.4 Å². The monoisotopic (exact) mass is 468 g/mol. The third-order valence-corrected chi connectivity index (χ3v) is 5.91. The molecule has 2 aromatic rings. The van der Waals surface area contributed by atoms with E-state index >= 15 is 0 Å². The molecule has 0 fully saturated rings. The van der Waals surface area contributed by atoms with Crippen LogP contribution in [0.5, 0.6) is 0 Å². The first-order valence-electron chi connectivity index (χ1n) is 11.6. The molecular weight excluding hydrogens is 436 g/mol. The zero-order chi connectivity index (χ0) is 24.3. The predicted octanol–water partition coefficient (Wildman–Crippen LogP) is 3.69. The van der Waals surface area contributed by atoms with Crippen molar-refractivity contribution >= 4 is 18.0 Å². The Morgan fingerprint density at radius 3 is 2.18 bits per heavy atom. The molecule has 182 valence electrons. The SMILES string of the molecule is COCC(NC(=O)CCCCCCNC(=O)OCC1c2ccccc2-c2ccccc21)C(=O)O. The second-order valence-electron chi connectivity index (χ2n) is 8.33. The Kier molecular flexibility index (Phi) is 9.46. The lowest BCUT2D eigenvalue weighted by atomic mass is 9.98. The zero-order valence-electron chi connectivity index (χ0n) is 19.4. The van der Waals surface area contributed by atoms with Crippen LogP contribution in [0.3, 0.4) is 0 Å². The molecule has 0 bridgehead atoms. The second-order valence-corrected chi connectivity index (χ2v) is 8.33. The molecule has 0 saturated heterocycles. The first kappa shape index (κ1) is 25.2. The number of fused-ring (bicyclic) bond motifs is 3.